The first kappa shape index (κ1) is 29.4. The van der Waals surface area contributed by atoms with Gasteiger partial charge in [-0.05, 0) is 67.2 Å². The molecule has 7 nitrogen and oxygen atoms in total. The van der Waals surface area contributed by atoms with E-state index >= 15 is 0 Å². The number of aryl methyl sites for hydroxylation is 1. The van der Waals surface area contributed by atoms with Gasteiger partial charge < -0.3 is 19.5 Å². The lowest BCUT2D eigenvalue weighted by atomic mass is 9.88. The number of rotatable bonds is 8. The molecule has 3 heterocycles. The quantitative estimate of drug-likeness (QED) is 0.293. The topological polar surface area (TPSA) is 89.1 Å². The largest absolute Gasteiger partial charge is 0.416 e. The van der Waals surface area contributed by atoms with Gasteiger partial charge in [0, 0.05) is 55.3 Å². The van der Waals surface area contributed by atoms with E-state index in [1.165, 1.54) is 12.1 Å². The van der Waals surface area contributed by atoms with E-state index in [0.29, 0.717) is 41.5 Å². The van der Waals surface area contributed by atoms with Gasteiger partial charge in [0.15, 0.2) is 8.32 Å². The number of benzene rings is 1. The highest BCUT2D eigenvalue weighted by Crippen LogP contribution is 2.39. The maximum Gasteiger partial charge on any atom is 0.252 e. The van der Waals surface area contributed by atoms with Crippen LogP contribution in [0.5, 0.6) is 0 Å². The van der Waals surface area contributed by atoms with Gasteiger partial charge >= 0.3 is 0 Å². The van der Waals surface area contributed by atoms with E-state index in [1.807, 2.05) is 13.0 Å². The van der Waals surface area contributed by atoms with Gasteiger partial charge in [0.2, 0.25) is 5.95 Å². The molecule has 1 aliphatic rings. The highest BCUT2D eigenvalue weighted by atomic mass is 35.5. The van der Waals surface area contributed by atoms with Crippen LogP contribution < -0.4 is 10.9 Å². The van der Waals surface area contributed by atoms with E-state index in [0.717, 1.165) is 18.4 Å². The zero-order chi connectivity index (χ0) is 28.4. The predicted molar refractivity (Wildman–Crippen MR) is 157 cm³/mol. The Morgan fingerprint density at radius 2 is 1.97 bits per heavy atom. The van der Waals surface area contributed by atoms with Crippen molar-refractivity contribution in [3.63, 3.8) is 0 Å². The molecule has 2 aromatic heterocycles. The lowest BCUT2D eigenvalue weighted by Gasteiger charge is -2.37. The zero-order valence-electron chi connectivity index (χ0n) is 23.5. The van der Waals surface area contributed by atoms with Crippen LogP contribution in [0.15, 0.2) is 41.5 Å². The molecule has 0 saturated carbocycles. The first-order valence-electron chi connectivity index (χ1n) is 13.4. The van der Waals surface area contributed by atoms with Gasteiger partial charge in [-0.2, -0.15) is 0 Å². The molecule has 10 heteroatoms. The maximum absolute atomic E-state index is 14.7. The smallest absolute Gasteiger partial charge is 0.252 e. The molecule has 0 spiro atoms. The van der Waals surface area contributed by atoms with E-state index in [9.17, 15) is 9.18 Å². The number of ether oxygens (including phenoxy) is 1. The summed E-state index contributed by atoms with van der Waals surface area (Å²) in [6.07, 6.45) is 5.12. The van der Waals surface area contributed by atoms with Crippen molar-refractivity contribution in [3.05, 3.63) is 74.5 Å². The minimum atomic E-state index is -2.19. The fourth-order valence-corrected chi connectivity index (χ4v) is 5.57. The SMILES string of the molecule is Cc1cnc(NC2CCOCC2)nc1-c1cc[nH]c(=O)c1C(CO[Si](C)(C)C(C)(C)C)c1ccc(Cl)c(F)c1. The summed E-state index contributed by atoms with van der Waals surface area (Å²) in [5.74, 6) is -0.589. The molecule has 0 radical (unpaired) electrons. The third kappa shape index (κ3) is 6.77. The molecule has 210 valence electrons. The Morgan fingerprint density at radius 3 is 2.64 bits per heavy atom. The number of halogens is 2. The third-order valence-corrected chi connectivity index (χ3v) is 12.7. The Labute approximate surface area is 235 Å². The van der Waals surface area contributed by atoms with Crippen LogP contribution in [-0.2, 0) is 9.16 Å². The molecule has 0 aliphatic carbocycles. The van der Waals surface area contributed by atoms with E-state index in [-0.39, 0.29) is 28.3 Å². The molecule has 3 aromatic rings. The van der Waals surface area contributed by atoms with Crippen molar-refractivity contribution >= 4 is 25.9 Å². The van der Waals surface area contributed by atoms with Crippen LogP contribution in [0.4, 0.5) is 10.3 Å². The molecular formula is C29H38ClFN4O3Si. The Morgan fingerprint density at radius 1 is 1.26 bits per heavy atom. The number of nitrogens with one attached hydrogen (secondary N) is 2. The minimum absolute atomic E-state index is 0.0282. The fourth-order valence-electron chi connectivity index (χ4n) is 4.44. The molecule has 1 saturated heterocycles. The second-order valence-corrected chi connectivity index (χ2v) is 16.9. The van der Waals surface area contributed by atoms with Crippen molar-refractivity contribution in [1.82, 2.24) is 15.0 Å². The fraction of sp³-hybridized carbons (Fsp3) is 0.483. The van der Waals surface area contributed by atoms with Crippen LogP contribution >= 0.6 is 11.6 Å². The third-order valence-electron chi connectivity index (χ3n) is 7.89. The highest BCUT2D eigenvalue weighted by Gasteiger charge is 2.38. The number of aromatic amines is 1. The number of hydrogen-bond donors (Lipinski definition) is 2. The van der Waals surface area contributed by atoms with Crippen LogP contribution in [0, 0.1) is 12.7 Å². The zero-order valence-corrected chi connectivity index (χ0v) is 25.3. The molecule has 39 heavy (non-hydrogen) atoms. The lowest BCUT2D eigenvalue weighted by molar-refractivity contribution is 0.0903. The summed E-state index contributed by atoms with van der Waals surface area (Å²) in [6.45, 7) is 14.3. The van der Waals surface area contributed by atoms with E-state index < -0.39 is 20.1 Å². The van der Waals surface area contributed by atoms with Crippen LogP contribution in [0.25, 0.3) is 11.3 Å². The van der Waals surface area contributed by atoms with E-state index in [4.69, 9.17) is 25.7 Å². The van der Waals surface area contributed by atoms with Crippen LogP contribution in [0.3, 0.4) is 0 Å². The van der Waals surface area contributed by atoms with Crippen molar-refractivity contribution in [3.8, 4) is 11.3 Å². The molecule has 2 N–H and O–H groups in total. The van der Waals surface area contributed by atoms with Gasteiger partial charge in [-0.25, -0.2) is 14.4 Å². The summed E-state index contributed by atoms with van der Waals surface area (Å²) < 4.78 is 26.8. The number of H-pyrrole nitrogens is 1. The normalized spacial score (nSPS) is 15.8. The summed E-state index contributed by atoms with van der Waals surface area (Å²) in [5.41, 5.74) is 2.94. The number of anilines is 1. The van der Waals surface area contributed by atoms with Gasteiger partial charge in [-0.3, -0.25) is 4.79 Å². The molecule has 0 amide bonds. The van der Waals surface area contributed by atoms with Gasteiger partial charge in [-0.15, -0.1) is 0 Å². The molecule has 4 rings (SSSR count). The van der Waals surface area contributed by atoms with Gasteiger partial charge in [0.05, 0.1) is 10.7 Å². The Bertz CT molecular complexity index is 1370. The first-order chi connectivity index (χ1) is 18.4. The van der Waals surface area contributed by atoms with Gasteiger partial charge in [-0.1, -0.05) is 38.4 Å². The number of aromatic nitrogens is 3. The first-order valence-corrected chi connectivity index (χ1v) is 16.6. The van der Waals surface area contributed by atoms with E-state index in [1.54, 1.807) is 18.5 Å². The van der Waals surface area contributed by atoms with E-state index in [2.05, 4.69) is 49.1 Å². The standard InChI is InChI=1S/C29H38ClFN4O3Si/c1-18-16-33-28(34-20-10-13-37-14-11-20)35-26(18)21-9-12-32-27(36)25(21)22(17-38-39(5,6)29(2,3)4)19-7-8-23(30)24(31)15-19/h7-9,12,15-16,20,22H,10-11,13-14,17H2,1-6H3,(H,32,36)(H,33,34,35). The minimum Gasteiger partial charge on any atom is -0.416 e. The van der Waals surface area contributed by atoms with Crippen molar-refractivity contribution < 1.29 is 13.6 Å². The van der Waals surface area contributed by atoms with Gasteiger partial charge in [0.25, 0.3) is 5.56 Å². The highest BCUT2D eigenvalue weighted by molar-refractivity contribution is 6.74. The molecular weight excluding hydrogens is 535 g/mol. The average molecular weight is 573 g/mol. The summed E-state index contributed by atoms with van der Waals surface area (Å²) >= 11 is 6.02. The maximum atomic E-state index is 14.7. The summed E-state index contributed by atoms with van der Waals surface area (Å²) in [7, 11) is -2.19. The average Bonchev–Trinajstić information content (AvgIpc) is 2.88. The molecule has 1 aromatic carbocycles. The monoisotopic (exact) mass is 572 g/mol. The Kier molecular flexibility index (Phi) is 8.95. The summed E-state index contributed by atoms with van der Waals surface area (Å²) in [5, 5.41) is 3.41. The molecule has 1 atom stereocenters. The molecule has 1 fully saturated rings. The van der Waals surface area contributed by atoms with Crippen molar-refractivity contribution in [2.24, 2.45) is 0 Å². The Balaban J connectivity index is 1.81. The summed E-state index contributed by atoms with van der Waals surface area (Å²) in [6, 6.07) is 6.73. The van der Waals surface area contributed by atoms with Crippen LogP contribution in [0.1, 0.15) is 56.2 Å². The lowest BCUT2D eigenvalue weighted by Crippen LogP contribution is -2.42. The molecule has 1 aliphatic heterocycles. The second-order valence-electron chi connectivity index (χ2n) is 11.7. The Hall–Kier alpha value is -2.59. The van der Waals surface area contributed by atoms with Crippen molar-refractivity contribution in [2.45, 2.75) is 70.6 Å². The molecule has 1 unspecified atom stereocenters. The summed E-state index contributed by atoms with van der Waals surface area (Å²) in [4.78, 5) is 25.7. The van der Waals surface area contributed by atoms with Crippen molar-refractivity contribution in [2.75, 3.05) is 25.1 Å². The predicted octanol–water partition coefficient (Wildman–Crippen LogP) is 6.68. The number of hydrogen-bond acceptors (Lipinski definition) is 6. The van der Waals surface area contributed by atoms with Crippen LogP contribution in [-0.4, -0.2) is 49.1 Å². The molecule has 0 bridgehead atoms. The van der Waals surface area contributed by atoms with Gasteiger partial charge in [0.1, 0.15) is 5.82 Å². The van der Waals surface area contributed by atoms with Crippen molar-refractivity contribution in [1.29, 1.82) is 0 Å². The number of nitrogens with zero attached hydrogens (tertiary/aromatic N) is 2. The number of pyridine rings is 1. The van der Waals surface area contributed by atoms with Crippen LogP contribution in [0.2, 0.25) is 23.2 Å². The second kappa shape index (κ2) is 11.9.